The van der Waals surface area contributed by atoms with Crippen LogP contribution in [0.3, 0.4) is 0 Å². The van der Waals surface area contributed by atoms with Gasteiger partial charge in [0.1, 0.15) is 5.75 Å². The van der Waals surface area contributed by atoms with Crippen molar-refractivity contribution in [3.8, 4) is 5.75 Å². The first kappa shape index (κ1) is 17.8. The highest BCUT2D eigenvalue weighted by molar-refractivity contribution is 7.89. The van der Waals surface area contributed by atoms with Gasteiger partial charge in [0.25, 0.3) is 0 Å². The molecule has 0 amide bonds. The predicted molar refractivity (Wildman–Crippen MR) is 96.0 cm³/mol. The van der Waals surface area contributed by atoms with E-state index in [1.54, 1.807) is 42.0 Å². The molecule has 1 aliphatic heterocycles. The van der Waals surface area contributed by atoms with Gasteiger partial charge in [0.05, 0.1) is 12.0 Å². The van der Waals surface area contributed by atoms with Gasteiger partial charge in [-0.05, 0) is 48.4 Å². The van der Waals surface area contributed by atoms with Crippen molar-refractivity contribution in [3.05, 3.63) is 53.9 Å². The van der Waals surface area contributed by atoms with Crippen molar-refractivity contribution >= 4 is 10.0 Å². The molecule has 1 fully saturated rings. The highest BCUT2D eigenvalue weighted by Crippen LogP contribution is 2.24. The fraction of sp³-hybridized carbons (Fsp3) is 0.389. The second-order valence-electron chi connectivity index (χ2n) is 6.17. The summed E-state index contributed by atoms with van der Waals surface area (Å²) in [6.07, 6.45) is 3.56. The zero-order chi connectivity index (χ0) is 17.9. The molecule has 0 unspecified atom stereocenters. The molecule has 0 spiro atoms. The molecule has 0 bridgehead atoms. The molecule has 0 saturated carbocycles. The number of pyridine rings is 1. The van der Waals surface area contributed by atoms with E-state index in [9.17, 15) is 8.42 Å². The van der Waals surface area contributed by atoms with Crippen LogP contribution in [-0.4, -0.2) is 55.9 Å². The van der Waals surface area contributed by atoms with Crippen LogP contribution in [0.4, 0.5) is 0 Å². The first-order chi connectivity index (χ1) is 12.0. The standard InChI is InChI=1S/C18H23N3O3S/c1-15-13-17(3-4-18(15)24-2)25(22,23)21-11-9-20(10-12-21)14-16-5-7-19-8-6-16/h3-8,13H,9-12,14H2,1-2H3. The maximum Gasteiger partial charge on any atom is 0.243 e. The molecule has 25 heavy (non-hydrogen) atoms. The minimum Gasteiger partial charge on any atom is -0.496 e. The topological polar surface area (TPSA) is 62.7 Å². The zero-order valence-electron chi connectivity index (χ0n) is 14.6. The molecule has 0 aliphatic carbocycles. The Morgan fingerprint density at radius 1 is 1.08 bits per heavy atom. The van der Waals surface area contributed by atoms with Crippen LogP contribution >= 0.6 is 0 Å². The molecule has 1 aromatic carbocycles. The third-order valence-electron chi connectivity index (χ3n) is 4.49. The average Bonchev–Trinajstić information content (AvgIpc) is 2.63. The Morgan fingerprint density at radius 3 is 2.36 bits per heavy atom. The maximum absolute atomic E-state index is 12.9. The minimum absolute atomic E-state index is 0.327. The summed E-state index contributed by atoms with van der Waals surface area (Å²) in [7, 11) is -1.88. The van der Waals surface area contributed by atoms with E-state index in [0.717, 1.165) is 25.2 Å². The van der Waals surface area contributed by atoms with Gasteiger partial charge < -0.3 is 4.74 Å². The summed E-state index contributed by atoms with van der Waals surface area (Å²) in [4.78, 5) is 6.61. The molecule has 0 N–H and O–H groups in total. The number of benzene rings is 1. The van der Waals surface area contributed by atoms with Crippen molar-refractivity contribution in [2.45, 2.75) is 18.4 Å². The molecule has 2 heterocycles. The highest BCUT2D eigenvalue weighted by atomic mass is 32.2. The predicted octanol–water partition coefficient (Wildman–Crippen LogP) is 1.91. The van der Waals surface area contributed by atoms with E-state index in [1.807, 2.05) is 19.1 Å². The Labute approximate surface area is 149 Å². The number of piperazine rings is 1. The number of nitrogens with zero attached hydrogens (tertiary/aromatic N) is 3. The van der Waals surface area contributed by atoms with Crippen LogP contribution in [-0.2, 0) is 16.6 Å². The molecule has 0 radical (unpaired) electrons. The Balaban J connectivity index is 1.66. The summed E-state index contributed by atoms with van der Waals surface area (Å²) in [6, 6.07) is 8.98. The second kappa shape index (κ2) is 7.51. The van der Waals surface area contributed by atoms with Crippen molar-refractivity contribution in [2.75, 3.05) is 33.3 Å². The second-order valence-corrected chi connectivity index (χ2v) is 8.11. The summed E-state index contributed by atoms with van der Waals surface area (Å²) in [6.45, 7) is 5.10. The lowest BCUT2D eigenvalue weighted by molar-refractivity contribution is 0.181. The van der Waals surface area contributed by atoms with Gasteiger partial charge in [-0.1, -0.05) is 0 Å². The largest absolute Gasteiger partial charge is 0.496 e. The van der Waals surface area contributed by atoms with Gasteiger partial charge in [0.2, 0.25) is 10.0 Å². The molecular formula is C18H23N3O3S. The number of ether oxygens (including phenoxy) is 1. The third kappa shape index (κ3) is 4.00. The van der Waals surface area contributed by atoms with E-state index in [4.69, 9.17) is 4.74 Å². The first-order valence-corrected chi connectivity index (χ1v) is 9.71. The Hall–Kier alpha value is -1.96. The van der Waals surface area contributed by atoms with E-state index < -0.39 is 10.0 Å². The Kier molecular flexibility index (Phi) is 5.36. The summed E-state index contributed by atoms with van der Waals surface area (Å²) in [5, 5.41) is 0. The van der Waals surface area contributed by atoms with E-state index in [1.165, 1.54) is 5.56 Å². The van der Waals surface area contributed by atoms with E-state index in [-0.39, 0.29) is 0 Å². The summed E-state index contributed by atoms with van der Waals surface area (Å²) in [5.41, 5.74) is 2.01. The van der Waals surface area contributed by atoms with Gasteiger partial charge >= 0.3 is 0 Å². The quantitative estimate of drug-likeness (QED) is 0.814. The number of aryl methyl sites for hydroxylation is 1. The fourth-order valence-electron chi connectivity index (χ4n) is 3.03. The van der Waals surface area contributed by atoms with Crippen LogP contribution < -0.4 is 4.74 Å². The Morgan fingerprint density at radius 2 is 1.76 bits per heavy atom. The van der Waals surface area contributed by atoms with Gasteiger partial charge in [-0.2, -0.15) is 4.31 Å². The van der Waals surface area contributed by atoms with Crippen LogP contribution in [0.25, 0.3) is 0 Å². The lowest BCUT2D eigenvalue weighted by Crippen LogP contribution is -2.48. The molecular weight excluding hydrogens is 338 g/mol. The molecule has 134 valence electrons. The zero-order valence-corrected chi connectivity index (χ0v) is 15.4. The Bertz CT molecular complexity index is 817. The summed E-state index contributed by atoms with van der Waals surface area (Å²) < 4.78 is 32.5. The van der Waals surface area contributed by atoms with Crippen molar-refractivity contribution in [1.29, 1.82) is 0 Å². The van der Waals surface area contributed by atoms with Gasteiger partial charge in [-0.25, -0.2) is 8.42 Å². The number of aromatic nitrogens is 1. The van der Waals surface area contributed by atoms with E-state index in [2.05, 4.69) is 9.88 Å². The highest BCUT2D eigenvalue weighted by Gasteiger charge is 2.28. The molecule has 7 heteroatoms. The number of rotatable bonds is 5. The van der Waals surface area contributed by atoms with Gasteiger partial charge in [0.15, 0.2) is 0 Å². The average molecular weight is 361 g/mol. The van der Waals surface area contributed by atoms with Gasteiger partial charge in [-0.15, -0.1) is 0 Å². The lowest BCUT2D eigenvalue weighted by Gasteiger charge is -2.34. The van der Waals surface area contributed by atoms with Crippen molar-refractivity contribution < 1.29 is 13.2 Å². The van der Waals surface area contributed by atoms with Crippen LogP contribution in [0.15, 0.2) is 47.6 Å². The molecule has 1 aromatic heterocycles. The van der Waals surface area contributed by atoms with Gasteiger partial charge in [0, 0.05) is 45.1 Å². The van der Waals surface area contributed by atoms with Crippen LogP contribution in [0.5, 0.6) is 5.75 Å². The van der Waals surface area contributed by atoms with Crippen molar-refractivity contribution in [2.24, 2.45) is 0 Å². The van der Waals surface area contributed by atoms with Crippen LogP contribution in [0, 0.1) is 6.92 Å². The number of sulfonamides is 1. The molecule has 2 aromatic rings. The van der Waals surface area contributed by atoms with Crippen LogP contribution in [0.1, 0.15) is 11.1 Å². The normalized spacial score (nSPS) is 16.7. The monoisotopic (exact) mass is 361 g/mol. The van der Waals surface area contributed by atoms with Gasteiger partial charge in [-0.3, -0.25) is 9.88 Å². The van der Waals surface area contributed by atoms with Crippen molar-refractivity contribution in [1.82, 2.24) is 14.2 Å². The number of methoxy groups -OCH3 is 1. The smallest absolute Gasteiger partial charge is 0.243 e. The third-order valence-corrected chi connectivity index (χ3v) is 6.39. The molecule has 0 atom stereocenters. The van der Waals surface area contributed by atoms with Crippen molar-refractivity contribution in [3.63, 3.8) is 0 Å². The minimum atomic E-state index is -3.46. The molecule has 6 nitrogen and oxygen atoms in total. The lowest BCUT2D eigenvalue weighted by atomic mass is 10.2. The molecule has 3 rings (SSSR count). The van der Waals surface area contributed by atoms with Crippen LogP contribution in [0.2, 0.25) is 0 Å². The summed E-state index contributed by atoms with van der Waals surface area (Å²) in [5.74, 6) is 0.695. The van der Waals surface area contributed by atoms with E-state index in [0.29, 0.717) is 23.7 Å². The molecule has 1 aliphatic rings. The number of hydrogen-bond acceptors (Lipinski definition) is 5. The fourth-order valence-corrected chi connectivity index (χ4v) is 4.54. The SMILES string of the molecule is COc1ccc(S(=O)(=O)N2CCN(Cc3ccncc3)CC2)cc1C. The van der Waals surface area contributed by atoms with E-state index >= 15 is 0 Å². The summed E-state index contributed by atoms with van der Waals surface area (Å²) >= 11 is 0. The molecule has 1 saturated heterocycles. The first-order valence-electron chi connectivity index (χ1n) is 8.27. The maximum atomic E-state index is 12.9. The number of hydrogen-bond donors (Lipinski definition) is 0.